The lowest BCUT2D eigenvalue weighted by atomic mass is 9.82. The number of benzene rings is 2. The van der Waals surface area contributed by atoms with E-state index in [1.165, 1.54) is 18.2 Å². The molecule has 35 heavy (non-hydrogen) atoms. The summed E-state index contributed by atoms with van der Waals surface area (Å²) in [5.74, 6) is -0.922. The van der Waals surface area contributed by atoms with Gasteiger partial charge in [-0.05, 0) is 60.7 Å². The van der Waals surface area contributed by atoms with Gasteiger partial charge in [0.2, 0.25) is 5.91 Å². The van der Waals surface area contributed by atoms with Gasteiger partial charge in [0.05, 0.1) is 23.6 Å². The number of carbonyl (C=O) groups excluding carboxylic acids is 1. The van der Waals surface area contributed by atoms with Crippen molar-refractivity contribution >= 4 is 11.6 Å². The van der Waals surface area contributed by atoms with Crippen LogP contribution in [0, 0.1) is 11.7 Å². The maximum absolute atomic E-state index is 13.4. The Kier molecular flexibility index (Phi) is 6.72. The molecule has 0 unspecified atom stereocenters. The van der Waals surface area contributed by atoms with Crippen molar-refractivity contribution in [3.05, 3.63) is 65.0 Å². The van der Waals surface area contributed by atoms with Crippen LogP contribution in [0.3, 0.4) is 0 Å². The van der Waals surface area contributed by atoms with Crippen molar-refractivity contribution in [1.29, 1.82) is 0 Å². The minimum atomic E-state index is -4.43. The topological polar surface area (TPSA) is 44.8 Å². The van der Waals surface area contributed by atoms with Gasteiger partial charge in [0.1, 0.15) is 5.82 Å². The summed E-state index contributed by atoms with van der Waals surface area (Å²) in [6, 6.07) is 10.1. The molecular weight excluding hydrogens is 462 g/mol. The predicted molar refractivity (Wildman–Crippen MR) is 123 cm³/mol. The van der Waals surface area contributed by atoms with Gasteiger partial charge in [-0.25, -0.2) is 4.39 Å². The van der Waals surface area contributed by atoms with Gasteiger partial charge in [-0.15, -0.1) is 0 Å². The first-order chi connectivity index (χ1) is 16.8. The Labute approximate surface area is 202 Å². The number of nitrogens with zero attached hydrogens (tertiary/aromatic N) is 2. The quantitative estimate of drug-likeness (QED) is 0.643. The lowest BCUT2D eigenvalue weighted by Crippen LogP contribution is -2.61. The summed E-state index contributed by atoms with van der Waals surface area (Å²) in [4.78, 5) is 17.6. The molecule has 0 radical (unpaired) electrons. The molecule has 3 heterocycles. The molecule has 0 aromatic heterocycles. The number of hydrogen-bond donors (Lipinski definition) is 1. The Hall–Kier alpha value is -2.65. The number of alkyl halides is 3. The number of hydrogen-bond acceptors (Lipinski definition) is 4. The lowest BCUT2D eigenvalue weighted by Gasteiger charge is -2.49. The number of nitrogens with one attached hydrogen (secondary N) is 1. The molecule has 188 valence electrons. The molecule has 0 saturated carbocycles. The van der Waals surface area contributed by atoms with Gasteiger partial charge in [-0.3, -0.25) is 9.69 Å². The third-order valence-electron chi connectivity index (χ3n) is 7.31. The largest absolute Gasteiger partial charge is 0.416 e. The molecule has 1 amide bonds. The zero-order valence-corrected chi connectivity index (χ0v) is 19.4. The Morgan fingerprint density at radius 3 is 2.63 bits per heavy atom. The van der Waals surface area contributed by atoms with E-state index in [0.717, 1.165) is 30.2 Å². The molecule has 5 rings (SSSR count). The van der Waals surface area contributed by atoms with Crippen LogP contribution in [0.15, 0.2) is 42.5 Å². The number of fused-ring (bicyclic) bond motifs is 3. The summed E-state index contributed by atoms with van der Waals surface area (Å²) in [5.41, 5.74) is 1.61. The highest BCUT2D eigenvalue weighted by Crippen LogP contribution is 2.40. The number of anilines is 1. The fourth-order valence-corrected chi connectivity index (χ4v) is 5.50. The van der Waals surface area contributed by atoms with Crippen molar-refractivity contribution in [2.75, 3.05) is 37.7 Å². The molecule has 3 aliphatic heterocycles. The van der Waals surface area contributed by atoms with E-state index in [2.05, 4.69) is 15.1 Å². The molecule has 9 heteroatoms. The third-order valence-corrected chi connectivity index (χ3v) is 7.31. The second kappa shape index (κ2) is 9.78. The van der Waals surface area contributed by atoms with Crippen molar-refractivity contribution in [3.8, 4) is 0 Å². The highest BCUT2D eigenvalue weighted by Gasteiger charge is 2.42. The molecule has 0 bridgehead atoms. The van der Waals surface area contributed by atoms with Crippen LogP contribution in [0.1, 0.15) is 29.5 Å². The van der Waals surface area contributed by atoms with Gasteiger partial charge in [-0.1, -0.05) is 12.1 Å². The first kappa shape index (κ1) is 24.1. The molecule has 2 fully saturated rings. The second-order valence-corrected chi connectivity index (χ2v) is 9.65. The highest BCUT2D eigenvalue weighted by atomic mass is 19.4. The standard InChI is InChI=1S/C26H29F4N3O2/c27-20-6-3-17(4-7-20)15-32-9-10-33-23-8-5-19(26(28,29)30)12-18(23)13-22(24(33)16-32)25(34)31-14-21-2-1-11-35-21/h3-8,12,21-22,24H,1-2,9-11,13-16H2,(H,31,34)/t21-,22+,24-/m0/s1. The van der Waals surface area contributed by atoms with Gasteiger partial charge < -0.3 is 15.0 Å². The van der Waals surface area contributed by atoms with Crippen molar-refractivity contribution in [1.82, 2.24) is 10.2 Å². The van der Waals surface area contributed by atoms with Crippen LogP contribution in [-0.2, 0) is 28.7 Å². The molecule has 0 spiro atoms. The smallest absolute Gasteiger partial charge is 0.376 e. The minimum Gasteiger partial charge on any atom is -0.376 e. The first-order valence-electron chi connectivity index (χ1n) is 12.1. The average Bonchev–Trinajstić information content (AvgIpc) is 3.36. The van der Waals surface area contributed by atoms with Crippen LogP contribution in [-0.4, -0.2) is 55.7 Å². The second-order valence-electron chi connectivity index (χ2n) is 9.65. The van der Waals surface area contributed by atoms with Crippen LogP contribution in [0.5, 0.6) is 0 Å². The summed E-state index contributed by atoms with van der Waals surface area (Å²) in [5, 5.41) is 3.00. The lowest BCUT2D eigenvalue weighted by molar-refractivity contribution is -0.137. The maximum Gasteiger partial charge on any atom is 0.416 e. The summed E-state index contributed by atoms with van der Waals surface area (Å²) in [6.45, 7) is 3.60. The van der Waals surface area contributed by atoms with Crippen LogP contribution in [0.25, 0.3) is 0 Å². The molecule has 1 N–H and O–H groups in total. The van der Waals surface area contributed by atoms with E-state index >= 15 is 0 Å². The SMILES string of the molecule is O=C(NC[C@@H]1CCCO1)[C@@H]1Cc2cc(C(F)(F)F)ccc2N2CCN(Cc3ccc(F)cc3)C[C@@H]12. The van der Waals surface area contributed by atoms with Gasteiger partial charge >= 0.3 is 6.18 Å². The molecule has 2 aromatic rings. The third kappa shape index (κ3) is 5.30. The summed E-state index contributed by atoms with van der Waals surface area (Å²) < 4.78 is 59.1. The van der Waals surface area contributed by atoms with E-state index in [-0.39, 0.29) is 30.3 Å². The molecule has 2 saturated heterocycles. The molecule has 2 aromatic carbocycles. The van der Waals surface area contributed by atoms with Crippen LogP contribution in [0.2, 0.25) is 0 Å². The Morgan fingerprint density at radius 1 is 1.11 bits per heavy atom. The first-order valence-corrected chi connectivity index (χ1v) is 12.1. The molecule has 3 atom stereocenters. The van der Waals surface area contributed by atoms with E-state index < -0.39 is 17.7 Å². The van der Waals surface area contributed by atoms with E-state index in [1.54, 1.807) is 18.2 Å². The van der Waals surface area contributed by atoms with E-state index in [9.17, 15) is 22.4 Å². The predicted octanol–water partition coefficient (Wildman–Crippen LogP) is 4.00. The molecule has 3 aliphatic rings. The normalized spacial score (nSPS) is 24.7. The number of piperazine rings is 1. The van der Waals surface area contributed by atoms with Gasteiger partial charge in [0.25, 0.3) is 0 Å². The Balaban J connectivity index is 1.38. The molecule has 5 nitrogen and oxygen atoms in total. The number of carbonyl (C=O) groups is 1. The van der Waals surface area contributed by atoms with Crippen molar-refractivity contribution in [3.63, 3.8) is 0 Å². The number of rotatable bonds is 5. The van der Waals surface area contributed by atoms with Crippen LogP contribution in [0.4, 0.5) is 23.2 Å². The number of ether oxygens (including phenoxy) is 1. The summed E-state index contributed by atoms with van der Waals surface area (Å²) >= 11 is 0. The minimum absolute atomic E-state index is 0.0101. The highest BCUT2D eigenvalue weighted by molar-refractivity contribution is 5.82. The molecular formula is C26H29F4N3O2. The van der Waals surface area contributed by atoms with E-state index in [1.807, 2.05) is 0 Å². The van der Waals surface area contributed by atoms with Crippen molar-refractivity contribution in [2.24, 2.45) is 5.92 Å². The Bertz CT molecular complexity index is 1050. The van der Waals surface area contributed by atoms with Crippen LogP contribution < -0.4 is 10.2 Å². The monoisotopic (exact) mass is 491 g/mol. The number of halogens is 4. The van der Waals surface area contributed by atoms with E-state index in [4.69, 9.17) is 4.74 Å². The van der Waals surface area contributed by atoms with Gasteiger partial charge in [0, 0.05) is 45.0 Å². The fraction of sp³-hybridized carbons (Fsp3) is 0.500. The zero-order valence-electron chi connectivity index (χ0n) is 19.4. The van der Waals surface area contributed by atoms with Crippen molar-refractivity contribution < 1.29 is 27.1 Å². The summed E-state index contributed by atoms with van der Waals surface area (Å²) in [6.07, 6.45) is -2.33. The maximum atomic E-state index is 13.4. The van der Waals surface area contributed by atoms with Gasteiger partial charge in [0.15, 0.2) is 0 Å². The van der Waals surface area contributed by atoms with Crippen LogP contribution >= 0.6 is 0 Å². The van der Waals surface area contributed by atoms with Crippen molar-refractivity contribution in [2.45, 2.75) is 44.1 Å². The Morgan fingerprint density at radius 2 is 1.91 bits per heavy atom. The zero-order chi connectivity index (χ0) is 24.6. The van der Waals surface area contributed by atoms with Gasteiger partial charge in [-0.2, -0.15) is 13.2 Å². The number of amides is 1. The fourth-order valence-electron chi connectivity index (χ4n) is 5.50. The average molecular weight is 492 g/mol. The molecule has 0 aliphatic carbocycles. The summed E-state index contributed by atoms with van der Waals surface area (Å²) in [7, 11) is 0. The van der Waals surface area contributed by atoms with E-state index in [0.29, 0.717) is 44.9 Å².